The van der Waals surface area contributed by atoms with Crippen LogP contribution in [0.25, 0.3) is 0 Å². The van der Waals surface area contributed by atoms with Crippen molar-refractivity contribution in [2.24, 2.45) is 0 Å². The van der Waals surface area contributed by atoms with Crippen molar-refractivity contribution in [2.75, 3.05) is 18.9 Å². The number of nitrogen functional groups attached to an aromatic ring is 1. The molecule has 20 heavy (non-hydrogen) atoms. The fourth-order valence-electron chi connectivity index (χ4n) is 1.90. The molecule has 0 aliphatic heterocycles. The number of anilines is 1. The van der Waals surface area contributed by atoms with Crippen LogP contribution in [0, 0.1) is 13.8 Å². The molecular formula is C16H18BrNO2. The lowest BCUT2D eigenvalue weighted by molar-refractivity contribution is 0.215. The van der Waals surface area contributed by atoms with E-state index in [0.29, 0.717) is 13.2 Å². The standard InChI is InChI=1S/C16H18BrNO2/c1-11-3-8-15(18)12(2)16(11)20-10-9-19-14-6-4-13(17)5-7-14/h3-8H,9-10,18H2,1-2H3. The van der Waals surface area contributed by atoms with Crippen molar-refractivity contribution in [3.05, 3.63) is 52.0 Å². The third-order valence-electron chi connectivity index (χ3n) is 3.06. The summed E-state index contributed by atoms with van der Waals surface area (Å²) in [5, 5.41) is 0. The second kappa shape index (κ2) is 6.66. The highest BCUT2D eigenvalue weighted by molar-refractivity contribution is 9.10. The number of nitrogens with two attached hydrogens (primary N) is 1. The van der Waals surface area contributed by atoms with Gasteiger partial charge in [0.25, 0.3) is 0 Å². The average molecular weight is 336 g/mol. The Labute approximate surface area is 127 Å². The zero-order valence-corrected chi connectivity index (χ0v) is 13.2. The molecule has 0 aliphatic rings. The molecule has 0 heterocycles. The number of hydrogen-bond donors (Lipinski definition) is 1. The van der Waals surface area contributed by atoms with E-state index in [1.54, 1.807) is 0 Å². The number of hydrogen-bond acceptors (Lipinski definition) is 3. The fourth-order valence-corrected chi connectivity index (χ4v) is 2.16. The molecule has 0 amide bonds. The van der Waals surface area contributed by atoms with Gasteiger partial charge in [0.05, 0.1) is 0 Å². The minimum Gasteiger partial charge on any atom is -0.490 e. The Kier molecular flexibility index (Phi) is 4.90. The summed E-state index contributed by atoms with van der Waals surface area (Å²) in [5.41, 5.74) is 8.70. The fraction of sp³-hybridized carbons (Fsp3) is 0.250. The Morgan fingerprint density at radius 1 is 0.950 bits per heavy atom. The molecule has 0 radical (unpaired) electrons. The molecule has 0 spiro atoms. The van der Waals surface area contributed by atoms with Crippen LogP contribution in [0.4, 0.5) is 5.69 Å². The van der Waals surface area contributed by atoms with Crippen LogP contribution >= 0.6 is 15.9 Å². The first-order valence-electron chi connectivity index (χ1n) is 6.45. The molecule has 0 unspecified atom stereocenters. The lowest BCUT2D eigenvalue weighted by Gasteiger charge is -2.14. The highest BCUT2D eigenvalue weighted by Gasteiger charge is 2.06. The minimum absolute atomic E-state index is 0.487. The van der Waals surface area contributed by atoms with Crippen LogP contribution < -0.4 is 15.2 Å². The molecular weight excluding hydrogens is 318 g/mol. The van der Waals surface area contributed by atoms with Crippen molar-refractivity contribution >= 4 is 21.6 Å². The SMILES string of the molecule is Cc1ccc(N)c(C)c1OCCOc1ccc(Br)cc1. The Morgan fingerprint density at radius 2 is 1.60 bits per heavy atom. The number of ether oxygens (including phenoxy) is 2. The summed E-state index contributed by atoms with van der Waals surface area (Å²) in [6, 6.07) is 11.6. The van der Waals surface area contributed by atoms with E-state index in [9.17, 15) is 0 Å². The van der Waals surface area contributed by atoms with E-state index in [4.69, 9.17) is 15.2 Å². The van der Waals surface area contributed by atoms with E-state index >= 15 is 0 Å². The predicted molar refractivity (Wildman–Crippen MR) is 85.5 cm³/mol. The summed E-state index contributed by atoms with van der Waals surface area (Å²) in [7, 11) is 0. The van der Waals surface area contributed by atoms with Gasteiger partial charge >= 0.3 is 0 Å². The van der Waals surface area contributed by atoms with Gasteiger partial charge in [-0.2, -0.15) is 0 Å². The normalized spacial score (nSPS) is 10.3. The van der Waals surface area contributed by atoms with E-state index < -0.39 is 0 Å². The second-order valence-electron chi connectivity index (χ2n) is 4.58. The molecule has 0 saturated carbocycles. The Hall–Kier alpha value is -1.68. The number of halogens is 1. The summed E-state index contributed by atoms with van der Waals surface area (Å²) >= 11 is 3.39. The molecule has 0 saturated heterocycles. The van der Waals surface area contributed by atoms with Crippen LogP contribution in [0.3, 0.4) is 0 Å². The van der Waals surface area contributed by atoms with Gasteiger partial charge in [-0.25, -0.2) is 0 Å². The summed E-state index contributed by atoms with van der Waals surface area (Å²) < 4.78 is 12.4. The number of aryl methyl sites for hydroxylation is 1. The van der Waals surface area contributed by atoms with Gasteiger partial charge in [-0.05, 0) is 49.7 Å². The molecule has 0 aliphatic carbocycles. The maximum atomic E-state index is 5.88. The van der Waals surface area contributed by atoms with Crippen molar-refractivity contribution in [1.29, 1.82) is 0 Å². The van der Waals surface area contributed by atoms with Crippen molar-refractivity contribution in [1.82, 2.24) is 0 Å². The van der Waals surface area contributed by atoms with E-state index in [1.807, 2.05) is 50.2 Å². The van der Waals surface area contributed by atoms with Gasteiger partial charge in [0.2, 0.25) is 0 Å². The highest BCUT2D eigenvalue weighted by Crippen LogP contribution is 2.27. The summed E-state index contributed by atoms with van der Waals surface area (Å²) in [5.74, 6) is 1.68. The van der Waals surface area contributed by atoms with Crippen molar-refractivity contribution in [2.45, 2.75) is 13.8 Å². The van der Waals surface area contributed by atoms with Gasteiger partial charge < -0.3 is 15.2 Å². The zero-order valence-electron chi connectivity index (χ0n) is 11.7. The molecule has 0 atom stereocenters. The number of rotatable bonds is 5. The van der Waals surface area contributed by atoms with Crippen LogP contribution in [-0.4, -0.2) is 13.2 Å². The average Bonchev–Trinajstić information content (AvgIpc) is 2.44. The van der Waals surface area contributed by atoms with Crippen LogP contribution in [0.2, 0.25) is 0 Å². The largest absolute Gasteiger partial charge is 0.490 e. The molecule has 2 aromatic carbocycles. The van der Waals surface area contributed by atoms with Gasteiger partial charge in [0.15, 0.2) is 0 Å². The van der Waals surface area contributed by atoms with Crippen molar-refractivity contribution < 1.29 is 9.47 Å². The van der Waals surface area contributed by atoms with E-state index in [0.717, 1.165) is 32.8 Å². The first-order chi connectivity index (χ1) is 9.58. The molecule has 4 heteroatoms. The first-order valence-corrected chi connectivity index (χ1v) is 7.24. The Morgan fingerprint density at radius 3 is 2.30 bits per heavy atom. The van der Waals surface area contributed by atoms with E-state index in [2.05, 4.69) is 15.9 Å². The van der Waals surface area contributed by atoms with Crippen LogP contribution in [0.5, 0.6) is 11.5 Å². The van der Waals surface area contributed by atoms with Crippen LogP contribution in [0.1, 0.15) is 11.1 Å². The molecule has 3 nitrogen and oxygen atoms in total. The third-order valence-corrected chi connectivity index (χ3v) is 3.59. The Bertz CT molecular complexity index is 582. The van der Waals surface area contributed by atoms with E-state index in [-0.39, 0.29) is 0 Å². The molecule has 0 fully saturated rings. The molecule has 2 N–H and O–H groups in total. The molecule has 2 aromatic rings. The lowest BCUT2D eigenvalue weighted by Crippen LogP contribution is -2.10. The highest BCUT2D eigenvalue weighted by atomic mass is 79.9. The smallest absolute Gasteiger partial charge is 0.127 e. The molecule has 106 valence electrons. The monoisotopic (exact) mass is 335 g/mol. The maximum absolute atomic E-state index is 5.88. The van der Waals surface area contributed by atoms with Crippen molar-refractivity contribution in [3.8, 4) is 11.5 Å². The topological polar surface area (TPSA) is 44.5 Å². The van der Waals surface area contributed by atoms with Crippen molar-refractivity contribution in [3.63, 3.8) is 0 Å². The predicted octanol–water partition coefficient (Wildman–Crippen LogP) is 4.11. The van der Waals surface area contributed by atoms with E-state index in [1.165, 1.54) is 0 Å². The summed E-state index contributed by atoms with van der Waals surface area (Å²) in [6.45, 7) is 4.96. The van der Waals surface area contributed by atoms with Gasteiger partial charge in [0, 0.05) is 15.7 Å². The Balaban J connectivity index is 1.87. The number of benzene rings is 2. The first kappa shape index (κ1) is 14.7. The summed E-state index contributed by atoms with van der Waals surface area (Å²) in [4.78, 5) is 0. The molecule has 0 bridgehead atoms. The van der Waals surface area contributed by atoms with Crippen LogP contribution in [0.15, 0.2) is 40.9 Å². The second-order valence-corrected chi connectivity index (χ2v) is 5.49. The minimum atomic E-state index is 0.487. The van der Waals surface area contributed by atoms with Gasteiger partial charge in [-0.3, -0.25) is 0 Å². The quantitative estimate of drug-likeness (QED) is 0.660. The third kappa shape index (κ3) is 3.67. The zero-order chi connectivity index (χ0) is 14.5. The van der Waals surface area contributed by atoms with Gasteiger partial charge in [-0.15, -0.1) is 0 Å². The molecule has 2 rings (SSSR count). The summed E-state index contributed by atoms with van der Waals surface area (Å²) in [6.07, 6.45) is 0. The lowest BCUT2D eigenvalue weighted by atomic mass is 10.1. The maximum Gasteiger partial charge on any atom is 0.127 e. The molecule has 0 aromatic heterocycles. The van der Waals surface area contributed by atoms with Gasteiger partial charge in [-0.1, -0.05) is 22.0 Å². The van der Waals surface area contributed by atoms with Gasteiger partial charge in [0.1, 0.15) is 24.7 Å². The van der Waals surface area contributed by atoms with Crippen LogP contribution in [-0.2, 0) is 0 Å².